The number of rotatable bonds is 8. The molecule has 5 rings (SSSR count). The molecule has 1 saturated heterocycles. The molecule has 3 aromatic rings. The summed E-state index contributed by atoms with van der Waals surface area (Å²) < 4.78 is 4.94. The first-order valence-corrected chi connectivity index (χ1v) is 13.5. The molecule has 0 bridgehead atoms. The highest BCUT2D eigenvalue weighted by Crippen LogP contribution is 2.40. The summed E-state index contributed by atoms with van der Waals surface area (Å²) in [4.78, 5) is 79.9. The van der Waals surface area contributed by atoms with Crippen molar-refractivity contribution in [3.63, 3.8) is 0 Å². The van der Waals surface area contributed by atoms with Crippen molar-refractivity contribution in [2.75, 3.05) is 12.4 Å². The van der Waals surface area contributed by atoms with Gasteiger partial charge in [-0.3, -0.25) is 28.9 Å². The van der Waals surface area contributed by atoms with Gasteiger partial charge in [0, 0.05) is 35.3 Å². The number of H-pyrrole nitrogens is 1. The summed E-state index contributed by atoms with van der Waals surface area (Å²) in [7, 11) is 0. The molecule has 3 atom stereocenters. The second-order valence-corrected chi connectivity index (χ2v) is 10.4. The van der Waals surface area contributed by atoms with Gasteiger partial charge in [0.05, 0.1) is 0 Å². The van der Waals surface area contributed by atoms with Crippen LogP contribution in [0.4, 0.5) is 0 Å². The first kappa shape index (κ1) is 27.6. The maximum absolute atomic E-state index is 13.5. The van der Waals surface area contributed by atoms with Crippen molar-refractivity contribution < 1.29 is 33.8 Å². The summed E-state index contributed by atoms with van der Waals surface area (Å²) >= 11 is 1.21. The van der Waals surface area contributed by atoms with Gasteiger partial charge in [-0.15, -0.1) is 11.8 Å². The van der Waals surface area contributed by atoms with E-state index in [1.54, 1.807) is 54.6 Å². The van der Waals surface area contributed by atoms with E-state index in [-0.39, 0.29) is 29.2 Å². The van der Waals surface area contributed by atoms with Crippen LogP contribution in [-0.4, -0.2) is 68.4 Å². The quantitative estimate of drug-likeness (QED) is 0.228. The number of hydrogen-bond acceptors (Lipinski definition) is 8. The number of nitrogens with zero attached hydrogens (tertiary/aromatic N) is 1. The van der Waals surface area contributed by atoms with E-state index in [1.807, 2.05) is 0 Å². The maximum Gasteiger partial charge on any atom is 0.352 e. The molecule has 1 aromatic heterocycles. The Morgan fingerprint density at radius 1 is 1.10 bits per heavy atom. The van der Waals surface area contributed by atoms with Crippen molar-refractivity contribution >= 4 is 52.3 Å². The van der Waals surface area contributed by atoms with Crippen LogP contribution >= 0.6 is 11.8 Å². The Bertz CT molecular complexity index is 1670. The van der Waals surface area contributed by atoms with Crippen LogP contribution in [0, 0.1) is 0 Å². The number of benzene rings is 2. The molecule has 1 unspecified atom stereocenters. The van der Waals surface area contributed by atoms with E-state index < -0.39 is 52.5 Å². The molecule has 3 amide bonds. The standard InChI is InChI=1S/C28H24N4O8S/c1-14(33)40-12-16-13-41-27-21(26(37)32(27)22(16)28(38)39)31-25(36)20(15-7-3-2-4-8-15)30-24(35)18-11-29-19-10-6-5-9-17(19)23(18)34/h2-11,20-21,27H,12-13H2,1H3,(H,29,34)(H,30,35)(H,31,36)(H,38,39)/t20?,21-,27-/m1/s1. The van der Waals surface area contributed by atoms with Crippen LogP contribution in [0.5, 0.6) is 0 Å². The molecule has 0 saturated carbocycles. The lowest BCUT2D eigenvalue weighted by Gasteiger charge is -2.49. The number of thioether (sulfide) groups is 1. The van der Waals surface area contributed by atoms with Crippen molar-refractivity contribution in [2.45, 2.75) is 24.4 Å². The maximum atomic E-state index is 13.5. The first-order valence-electron chi connectivity index (χ1n) is 12.5. The number of aromatic amines is 1. The molecular weight excluding hydrogens is 552 g/mol. The molecular formula is C28H24N4O8S. The number of amides is 3. The van der Waals surface area contributed by atoms with Crippen molar-refractivity contribution in [3.05, 3.63) is 93.4 Å². The van der Waals surface area contributed by atoms with E-state index in [0.29, 0.717) is 16.5 Å². The third-order valence-corrected chi connectivity index (χ3v) is 8.04. The topological polar surface area (TPSA) is 175 Å². The second-order valence-electron chi connectivity index (χ2n) is 9.33. The normalized spacial score (nSPS) is 18.7. The number of esters is 1. The minimum absolute atomic E-state index is 0.166. The number of carboxylic acid groups (broad SMARTS) is 1. The van der Waals surface area contributed by atoms with Gasteiger partial charge in [-0.05, 0) is 17.7 Å². The number of carboxylic acids is 1. The van der Waals surface area contributed by atoms with E-state index in [0.717, 1.165) is 4.90 Å². The largest absolute Gasteiger partial charge is 0.477 e. The zero-order valence-electron chi connectivity index (χ0n) is 21.6. The van der Waals surface area contributed by atoms with Crippen LogP contribution in [-0.2, 0) is 23.9 Å². The SMILES string of the molecule is CC(=O)OCC1=C(C(=O)O)N2C(=O)[C@@H](NC(=O)C(NC(=O)c3c[nH]c4ccccc4c3=O)c3ccccc3)[C@H]2SC1. The zero-order chi connectivity index (χ0) is 29.3. The molecule has 4 N–H and O–H groups in total. The number of hydrogen-bond donors (Lipinski definition) is 4. The number of carbonyl (C=O) groups excluding carboxylic acids is 4. The predicted octanol–water partition coefficient (Wildman–Crippen LogP) is 1.30. The zero-order valence-corrected chi connectivity index (χ0v) is 22.4. The van der Waals surface area contributed by atoms with Crippen molar-refractivity contribution in [1.29, 1.82) is 0 Å². The fourth-order valence-corrected chi connectivity index (χ4v) is 6.04. The third-order valence-electron chi connectivity index (χ3n) is 6.70. The van der Waals surface area contributed by atoms with E-state index in [9.17, 15) is 33.9 Å². The number of para-hydroxylation sites is 1. The summed E-state index contributed by atoms with van der Waals surface area (Å²) in [6.45, 7) is 0.922. The average Bonchev–Trinajstić information content (AvgIpc) is 2.97. The first-order chi connectivity index (χ1) is 19.7. The van der Waals surface area contributed by atoms with Gasteiger partial charge in [0.1, 0.15) is 35.3 Å². The van der Waals surface area contributed by atoms with Gasteiger partial charge in [0.2, 0.25) is 11.3 Å². The van der Waals surface area contributed by atoms with Gasteiger partial charge in [0.15, 0.2) is 0 Å². The van der Waals surface area contributed by atoms with Gasteiger partial charge >= 0.3 is 11.9 Å². The molecule has 2 aliphatic rings. The van der Waals surface area contributed by atoms with Gasteiger partial charge in [-0.1, -0.05) is 42.5 Å². The lowest BCUT2D eigenvalue weighted by atomic mass is 10.0. The highest BCUT2D eigenvalue weighted by Gasteiger charge is 2.54. The summed E-state index contributed by atoms with van der Waals surface area (Å²) in [6.07, 6.45) is 1.28. The molecule has 13 heteroatoms. The smallest absolute Gasteiger partial charge is 0.352 e. The Morgan fingerprint density at radius 3 is 2.51 bits per heavy atom. The molecule has 2 aromatic carbocycles. The van der Waals surface area contributed by atoms with Crippen molar-refractivity contribution in [2.24, 2.45) is 0 Å². The summed E-state index contributed by atoms with van der Waals surface area (Å²) in [5, 5.41) is 14.6. The fourth-order valence-electron chi connectivity index (χ4n) is 4.71. The Balaban J connectivity index is 1.37. The van der Waals surface area contributed by atoms with Crippen LogP contribution in [0.2, 0.25) is 0 Å². The average molecular weight is 577 g/mol. The molecule has 3 heterocycles. The molecule has 41 heavy (non-hydrogen) atoms. The van der Waals surface area contributed by atoms with Gasteiger partial charge in [-0.2, -0.15) is 0 Å². The Morgan fingerprint density at radius 2 is 1.80 bits per heavy atom. The van der Waals surface area contributed by atoms with Crippen LogP contribution in [0.1, 0.15) is 28.9 Å². The lowest BCUT2D eigenvalue weighted by molar-refractivity contribution is -0.151. The minimum atomic E-state index is -1.36. The fraction of sp³-hybridized carbons (Fsp3) is 0.214. The number of β-lactam (4-membered cyclic amide) rings is 1. The molecule has 210 valence electrons. The van der Waals surface area contributed by atoms with Crippen molar-refractivity contribution in [1.82, 2.24) is 20.5 Å². The van der Waals surface area contributed by atoms with Gasteiger partial charge < -0.3 is 25.5 Å². The molecule has 2 aliphatic heterocycles. The summed E-state index contributed by atoms with van der Waals surface area (Å²) in [5.41, 5.74) is 0.240. The van der Waals surface area contributed by atoms with Crippen LogP contribution in [0.25, 0.3) is 10.9 Å². The number of nitrogens with one attached hydrogen (secondary N) is 3. The van der Waals surface area contributed by atoms with Gasteiger partial charge in [0.25, 0.3) is 11.8 Å². The number of fused-ring (bicyclic) bond motifs is 2. The summed E-state index contributed by atoms with van der Waals surface area (Å²) in [6, 6.07) is 12.7. The molecule has 12 nitrogen and oxygen atoms in total. The number of carbonyl (C=O) groups is 5. The third kappa shape index (κ3) is 5.31. The second kappa shape index (κ2) is 11.3. The van der Waals surface area contributed by atoms with Crippen molar-refractivity contribution in [3.8, 4) is 0 Å². The number of aromatic nitrogens is 1. The molecule has 1 fully saturated rings. The Kier molecular flexibility index (Phi) is 7.62. The molecule has 0 aliphatic carbocycles. The van der Waals surface area contributed by atoms with Crippen LogP contribution < -0.4 is 16.1 Å². The predicted molar refractivity (Wildman–Crippen MR) is 148 cm³/mol. The van der Waals surface area contributed by atoms with E-state index >= 15 is 0 Å². The van der Waals surface area contributed by atoms with Gasteiger partial charge in [-0.25, -0.2) is 4.79 Å². The lowest BCUT2D eigenvalue weighted by Crippen LogP contribution is -2.71. The highest BCUT2D eigenvalue weighted by atomic mass is 32.2. The number of aliphatic carboxylic acids is 1. The number of pyridine rings is 1. The van der Waals surface area contributed by atoms with Crippen LogP contribution in [0.15, 0.2) is 76.9 Å². The molecule has 0 spiro atoms. The minimum Gasteiger partial charge on any atom is -0.477 e. The van der Waals surface area contributed by atoms with Crippen LogP contribution in [0.3, 0.4) is 0 Å². The number of ether oxygens (including phenoxy) is 1. The monoisotopic (exact) mass is 576 g/mol. The highest BCUT2D eigenvalue weighted by molar-refractivity contribution is 8.00. The molecule has 0 radical (unpaired) electrons. The Labute approximate surface area is 236 Å². The van der Waals surface area contributed by atoms with E-state index in [2.05, 4.69) is 15.6 Å². The van der Waals surface area contributed by atoms with E-state index in [1.165, 1.54) is 24.9 Å². The van der Waals surface area contributed by atoms with E-state index in [4.69, 9.17) is 4.74 Å². The summed E-state index contributed by atoms with van der Waals surface area (Å²) in [5.74, 6) is -3.94. The Hall–Kier alpha value is -4.91.